The van der Waals surface area contributed by atoms with Crippen LogP contribution in [0.25, 0.3) is 0 Å². The first-order valence-electron chi connectivity index (χ1n) is 1.90. The van der Waals surface area contributed by atoms with Crippen LogP contribution in [0, 0.1) is 0 Å². The Labute approximate surface area is 54.2 Å². The molecule has 40 valence electrons. The Kier molecular flexibility index (Phi) is 8.67. The summed E-state index contributed by atoms with van der Waals surface area (Å²) in [5.41, 5.74) is 0. The van der Waals surface area contributed by atoms with Crippen LogP contribution in [0.1, 0.15) is 13.8 Å². The van der Waals surface area contributed by atoms with Crippen LogP contribution in [0.4, 0.5) is 0 Å². The zero-order valence-electron chi connectivity index (χ0n) is 4.52. The van der Waals surface area contributed by atoms with Crippen LogP contribution in [0.2, 0.25) is 0 Å². The molecule has 0 heterocycles. The average Bonchev–Trinajstić information content (AvgIpc) is 1.35. The first kappa shape index (κ1) is 10.1. The van der Waals surface area contributed by atoms with Crippen LogP contribution < -0.4 is 0 Å². The van der Waals surface area contributed by atoms with E-state index in [4.69, 9.17) is 0 Å². The van der Waals surface area contributed by atoms with E-state index in [2.05, 4.69) is 4.74 Å². The van der Waals surface area contributed by atoms with E-state index >= 15 is 0 Å². The normalized spacial score (nSPS) is 6.57. The summed E-state index contributed by atoms with van der Waals surface area (Å²) >= 11 is 0. The number of hydrogen-bond donors (Lipinski definition) is 0. The van der Waals surface area contributed by atoms with Crippen molar-refractivity contribution < 1.29 is 9.53 Å². The average molecular weight is 161 g/mol. The molecule has 0 aliphatic rings. The molecule has 0 unspecified atom stereocenters. The van der Waals surface area contributed by atoms with Crippen molar-refractivity contribution in [2.45, 2.75) is 13.8 Å². The number of esters is 1. The van der Waals surface area contributed by atoms with Gasteiger partial charge in [-0.1, -0.05) is 0 Å². The van der Waals surface area contributed by atoms with Gasteiger partial charge in [0, 0.05) is 24.5 Å². The third-order valence-corrected chi connectivity index (χ3v) is 0.348. The summed E-state index contributed by atoms with van der Waals surface area (Å²) in [5.74, 6) is -0.211. The van der Waals surface area contributed by atoms with E-state index in [0.29, 0.717) is 6.61 Å². The van der Waals surface area contributed by atoms with Crippen molar-refractivity contribution >= 4 is 23.6 Å². The fourth-order valence-corrected chi connectivity index (χ4v) is 0.203. The van der Waals surface area contributed by atoms with E-state index in [1.54, 1.807) is 6.92 Å². The summed E-state index contributed by atoms with van der Waals surface area (Å²) in [7, 11) is 0. The van der Waals surface area contributed by atoms with Crippen molar-refractivity contribution in [2.75, 3.05) is 6.61 Å². The van der Waals surface area contributed by atoms with Gasteiger partial charge in [-0.15, -0.1) is 0 Å². The topological polar surface area (TPSA) is 26.3 Å². The maximum Gasteiger partial charge on any atom is 0.302 e. The monoisotopic (exact) mass is 162 g/mol. The molecule has 0 aliphatic carbocycles. The molecule has 0 aromatic carbocycles. The maximum absolute atomic E-state index is 9.82. The molecule has 0 aromatic heterocycles. The number of rotatable bonds is 1. The summed E-state index contributed by atoms with van der Waals surface area (Å²) in [6.07, 6.45) is 0. The van der Waals surface area contributed by atoms with Crippen molar-refractivity contribution in [2.24, 2.45) is 0 Å². The summed E-state index contributed by atoms with van der Waals surface area (Å²) < 4.78 is 4.40. The number of carbonyl (C=O) groups excluding carboxylic acids is 1. The van der Waals surface area contributed by atoms with Crippen LogP contribution in [0.15, 0.2) is 0 Å². The first-order chi connectivity index (χ1) is 2.77. The van der Waals surface area contributed by atoms with Crippen LogP contribution >= 0.6 is 0 Å². The maximum atomic E-state index is 9.82. The van der Waals surface area contributed by atoms with Gasteiger partial charge in [0.25, 0.3) is 0 Å². The van der Waals surface area contributed by atoms with E-state index in [-0.39, 0.29) is 23.6 Å². The van der Waals surface area contributed by atoms with Gasteiger partial charge in [0.1, 0.15) is 0 Å². The number of ether oxygens (including phenoxy) is 1. The second-order valence-corrected chi connectivity index (χ2v) is 0.925. The number of carbonyl (C=O) groups is 1. The van der Waals surface area contributed by atoms with Gasteiger partial charge < -0.3 is 4.74 Å². The molecular formula is C4H8GeO2. The van der Waals surface area contributed by atoms with E-state index in [0.717, 1.165) is 0 Å². The van der Waals surface area contributed by atoms with Crippen molar-refractivity contribution in [1.29, 1.82) is 0 Å². The SMILES string of the molecule is CCOC(C)=O.[Ge]. The third kappa shape index (κ3) is 10.7. The Morgan fingerprint density at radius 2 is 2.14 bits per heavy atom. The summed E-state index contributed by atoms with van der Waals surface area (Å²) in [6, 6.07) is 0. The molecule has 7 heavy (non-hydrogen) atoms. The molecule has 0 saturated heterocycles. The molecule has 0 amide bonds. The fraction of sp³-hybridized carbons (Fsp3) is 0.750. The van der Waals surface area contributed by atoms with Crippen molar-refractivity contribution in [3.63, 3.8) is 0 Å². The largest absolute Gasteiger partial charge is 0.466 e. The molecule has 0 rings (SSSR count). The second-order valence-electron chi connectivity index (χ2n) is 0.925. The van der Waals surface area contributed by atoms with Gasteiger partial charge in [-0.3, -0.25) is 4.79 Å². The predicted molar refractivity (Wildman–Crippen MR) is 28.1 cm³/mol. The van der Waals surface area contributed by atoms with E-state index in [1.165, 1.54) is 6.92 Å². The van der Waals surface area contributed by atoms with Gasteiger partial charge in [0.15, 0.2) is 0 Å². The van der Waals surface area contributed by atoms with Gasteiger partial charge in [-0.2, -0.15) is 0 Å². The molecule has 0 fully saturated rings. The standard InChI is InChI=1S/C4H8O2.Ge/c1-3-6-4(2)5;/h3H2,1-2H3;. The van der Waals surface area contributed by atoms with Crippen molar-refractivity contribution in [3.05, 3.63) is 0 Å². The van der Waals surface area contributed by atoms with Gasteiger partial charge >= 0.3 is 5.97 Å². The smallest absolute Gasteiger partial charge is 0.302 e. The van der Waals surface area contributed by atoms with Gasteiger partial charge in [0.05, 0.1) is 6.61 Å². The minimum atomic E-state index is -0.211. The molecule has 0 spiro atoms. The Bertz CT molecular complexity index is 53.7. The van der Waals surface area contributed by atoms with Crippen LogP contribution in [0.5, 0.6) is 0 Å². The van der Waals surface area contributed by atoms with Crippen molar-refractivity contribution in [1.82, 2.24) is 0 Å². The minimum Gasteiger partial charge on any atom is -0.466 e. The van der Waals surface area contributed by atoms with Crippen LogP contribution in [-0.4, -0.2) is 30.2 Å². The van der Waals surface area contributed by atoms with E-state index in [9.17, 15) is 4.79 Å². The zero-order valence-corrected chi connectivity index (χ0v) is 6.62. The summed E-state index contributed by atoms with van der Waals surface area (Å²) in [6.45, 7) is 3.65. The Hall–Kier alpha value is 0.0129. The Morgan fingerprint density at radius 1 is 1.71 bits per heavy atom. The van der Waals surface area contributed by atoms with E-state index in [1.807, 2.05) is 0 Å². The Balaban J connectivity index is 0. The molecule has 4 radical (unpaired) electrons. The fourth-order valence-electron chi connectivity index (χ4n) is 0.203. The molecule has 0 bridgehead atoms. The third-order valence-electron chi connectivity index (χ3n) is 0.348. The molecule has 0 atom stereocenters. The molecule has 0 saturated carbocycles. The first-order valence-corrected chi connectivity index (χ1v) is 1.90. The van der Waals surface area contributed by atoms with Gasteiger partial charge in [0.2, 0.25) is 0 Å². The van der Waals surface area contributed by atoms with E-state index < -0.39 is 0 Å². The quantitative estimate of drug-likeness (QED) is 0.405. The molecule has 0 aliphatic heterocycles. The second kappa shape index (κ2) is 6.01. The van der Waals surface area contributed by atoms with Gasteiger partial charge in [-0.05, 0) is 6.92 Å². The zero-order chi connectivity index (χ0) is 4.99. The predicted octanol–water partition coefficient (Wildman–Crippen LogP) is 0.189. The molecule has 0 aromatic rings. The number of hydrogen-bond acceptors (Lipinski definition) is 2. The van der Waals surface area contributed by atoms with Gasteiger partial charge in [-0.25, -0.2) is 0 Å². The summed E-state index contributed by atoms with van der Waals surface area (Å²) in [5, 5.41) is 0. The van der Waals surface area contributed by atoms with Crippen LogP contribution in [0.3, 0.4) is 0 Å². The molecule has 0 N–H and O–H groups in total. The molecular weight excluding hydrogens is 153 g/mol. The molecule has 3 heteroatoms. The Morgan fingerprint density at radius 3 is 2.14 bits per heavy atom. The van der Waals surface area contributed by atoms with Crippen LogP contribution in [-0.2, 0) is 9.53 Å². The van der Waals surface area contributed by atoms with Crippen molar-refractivity contribution in [3.8, 4) is 0 Å². The summed E-state index contributed by atoms with van der Waals surface area (Å²) in [4.78, 5) is 9.82. The molecule has 2 nitrogen and oxygen atoms in total. The minimum absolute atomic E-state index is 0.